The monoisotopic (exact) mass is 290 g/mol. The third-order valence-electron chi connectivity index (χ3n) is 4.10. The molecule has 116 valence electrons. The Morgan fingerprint density at radius 1 is 1.38 bits per heavy atom. The third kappa shape index (κ3) is 5.68. The molecule has 0 aromatic carbocycles. The summed E-state index contributed by atoms with van der Waals surface area (Å²) in [5, 5.41) is 12.1. The van der Waals surface area contributed by atoms with Crippen LogP contribution in [-0.4, -0.2) is 29.1 Å². The van der Waals surface area contributed by atoms with Gasteiger partial charge < -0.3 is 10.4 Å². The first-order chi connectivity index (χ1) is 10.0. The van der Waals surface area contributed by atoms with Crippen LogP contribution in [0.15, 0.2) is 24.5 Å². The van der Waals surface area contributed by atoms with Crippen LogP contribution in [0, 0.1) is 12.3 Å². The van der Waals surface area contributed by atoms with Crippen LogP contribution < -0.4 is 5.32 Å². The van der Waals surface area contributed by atoms with Crippen LogP contribution in [-0.2, 0) is 4.79 Å². The summed E-state index contributed by atoms with van der Waals surface area (Å²) in [5.74, 6) is -0.110. The summed E-state index contributed by atoms with van der Waals surface area (Å²) in [6.45, 7) is 6.91. The lowest BCUT2D eigenvalue weighted by Crippen LogP contribution is -2.36. The van der Waals surface area contributed by atoms with Crippen molar-refractivity contribution in [3.05, 3.63) is 35.7 Å². The highest BCUT2D eigenvalue weighted by molar-refractivity contribution is 5.91. The van der Waals surface area contributed by atoms with Gasteiger partial charge in [0.2, 0.25) is 5.91 Å². The summed E-state index contributed by atoms with van der Waals surface area (Å²) in [6, 6.07) is 1.98. The Kier molecular flexibility index (Phi) is 7.09. The van der Waals surface area contributed by atoms with Crippen molar-refractivity contribution in [3.8, 4) is 0 Å². The molecule has 21 heavy (non-hydrogen) atoms. The predicted molar refractivity (Wildman–Crippen MR) is 85.7 cm³/mol. The maximum atomic E-state index is 11.9. The van der Waals surface area contributed by atoms with E-state index in [-0.39, 0.29) is 17.9 Å². The molecule has 0 radical (unpaired) electrons. The Balaban J connectivity index is 2.57. The second-order valence-corrected chi connectivity index (χ2v) is 5.53. The molecule has 1 aromatic heterocycles. The molecule has 0 aliphatic rings. The minimum atomic E-state index is -0.110. The van der Waals surface area contributed by atoms with E-state index in [0.29, 0.717) is 13.0 Å². The average Bonchev–Trinajstić information content (AvgIpc) is 2.49. The molecular weight excluding hydrogens is 264 g/mol. The number of pyridine rings is 1. The lowest BCUT2D eigenvalue weighted by atomic mass is 9.79. The second kappa shape index (κ2) is 8.57. The first-order valence-corrected chi connectivity index (χ1v) is 7.53. The third-order valence-corrected chi connectivity index (χ3v) is 4.10. The summed E-state index contributed by atoms with van der Waals surface area (Å²) < 4.78 is 0. The maximum absolute atomic E-state index is 11.9. The Labute approximate surface area is 127 Å². The van der Waals surface area contributed by atoms with Crippen LogP contribution in [0.2, 0.25) is 0 Å². The summed E-state index contributed by atoms with van der Waals surface area (Å²) in [4.78, 5) is 16.0. The molecule has 0 saturated carbocycles. The smallest absolute Gasteiger partial charge is 0.244 e. The van der Waals surface area contributed by atoms with Gasteiger partial charge in [0.1, 0.15) is 0 Å². The Morgan fingerprint density at radius 3 is 2.67 bits per heavy atom. The molecule has 4 heteroatoms. The molecule has 0 aliphatic carbocycles. The van der Waals surface area contributed by atoms with Crippen molar-refractivity contribution < 1.29 is 9.90 Å². The van der Waals surface area contributed by atoms with E-state index in [4.69, 9.17) is 0 Å². The van der Waals surface area contributed by atoms with Gasteiger partial charge in [0.25, 0.3) is 0 Å². The number of rotatable bonds is 8. The fourth-order valence-electron chi connectivity index (χ4n) is 2.35. The topological polar surface area (TPSA) is 62.2 Å². The fourth-order valence-corrected chi connectivity index (χ4v) is 2.35. The van der Waals surface area contributed by atoms with Crippen molar-refractivity contribution in [2.75, 3.05) is 13.2 Å². The van der Waals surface area contributed by atoms with E-state index in [9.17, 15) is 9.90 Å². The molecule has 2 N–H and O–H groups in total. The summed E-state index contributed by atoms with van der Waals surface area (Å²) >= 11 is 0. The summed E-state index contributed by atoms with van der Waals surface area (Å²) in [7, 11) is 0. The van der Waals surface area contributed by atoms with E-state index in [1.807, 2.05) is 13.0 Å². The SMILES string of the molecule is CCC(CC)(CCO)CNC(=O)/C=C/c1cncc(C)c1. The molecular formula is C17H26N2O2. The van der Waals surface area contributed by atoms with Gasteiger partial charge in [-0.1, -0.05) is 13.8 Å². The number of amides is 1. The van der Waals surface area contributed by atoms with Gasteiger partial charge in [0.15, 0.2) is 0 Å². The van der Waals surface area contributed by atoms with E-state index >= 15 is 0 Å². The standard InChI is InChI=1S/C17H26N2O2/c1-4-17(5-2,8-9-20)13-19-16(21)7-6-15-10-14(3)11-18-12-15/h6-7,10-12,20H,4-5,8-9,13H2,1-3H3,(H,19,21)/b7-6+. The van der Waals surface area contributed by atoms with Gasteiger partial charge in [-0.15, -0.1) is 0 Å². The molecule has 1 aromatic rings. The number of aromatic nitrogens is 1. The molecule has 0 aliphatic heterocycles. The van der Waals surface area contributed by atoms with Gasteiger partial charge >= 0.3 is 0 Å². The molecule has 1 amide bonds. The second-order valence-electron chi connectivity index (χ2n) is 5.53. The highest BCUT2D eigenvalue weighted by Crippen LogP contribution is 2.29. The quantitative estimate of drug-likeness (QED) is 0.724. The highest BCUT2D eigenvalue weighted by Gasteiger charge is 2.25. The number of aliphatic hydroxyl groups is 1. The van der Waals surface area contributed by atoms with Crippen molar-refractivity contribution in [3.63, 3.8) is 0 Å². The number of nitrogens with one attached hydrogen (secondary N) is 1. The predicted octanol–water partition coefficient (Wildman–Crippen LogP) is 2.71. The number of aliphatic hydroxyl groups excluding tert-OH is 1. The van der Waals surface area contributed by atoms with E-state index in [0.717, 1.165) is 24.0 Å². The molecule has 0 bridgehead atoms. The number of carbonyl (C=O) groups excluding carboxylic acids is 1. The van der Waals surface area contributed by atoms with Crippen molar-refractivity contribution in [2.24, 2.45) is 5.41 Å². The zero-order valence-electron chi connectivity index (χ0n) is 13.2. The van der Waals surface area contributed by atoms with Crippen molar-refractivity contribution in [2.45, 2.75) is 40.0 Å². The number of carbonyl (C=O) groups is 1. The highest BCUT2D eigenvalue weighted by atomic mass is 16.3. The Morgan fingerprint density at radius 2 is 2.10 bits per heavy atom. The zero-order valence-corrected chi connectivity index (χ0v) is 13.2. The van der Waals surface area contributed by atoms with Gasteiger partial charge in [-0.2, -0.15) is 0 Å². The normalized spacial score (nSPS) is 11.8. The van der Waals surface area contributed by atoms with Gasteiger partial charge in [-0.25, -0.2) is 0 Å². The van der Waals surface area contributed by atoms with Crippen LogP contribution in [0.3, 0.4) is 0 Å². The van der Waals surface area contributed by atoms with Crippen LogP contribution >= 0.6 is 0 Å². The van der Waals surface area contributed by atoms with Crippen LogP contribution in [0.4, 0.5) is 0 Å². The molecule has 1 rings (SSSR count). The van der Waals surface area contributed by atoms with Crippen LogP contribution in [0.5, 0.6) is 0 Å². The van der Waals surface area contributed by atoms with E-state index in [2.05, 4.69) is 24.1 Å². The maximum Gasteiger partial charge on any atom is 0.244 e. The van der Waals surface area contributed by atoms with Gasteiger partial charge in [-0.3, -0.25) is 9.78 Å². The number of nitrogens with zero attached hydrogens (tertiary/aromatic N) is 1. The van der Waals surface area contributed by atoms with E-state index < -0.39 is 0 Å². The number of hydrogen-bond donors (Lipinski definition) is 2. The molecule has 1 heterocycles. The van der Waals surface area contributed by atoms with E-state index in [1.165, 1.54) is 6.08 Å². The van der Waals surface area contributed by atoms with Gasteiger partial charge in [0.05, 0.1) is 0 Å². The minimum absolute atomic E-state index is 0.0108. The minimum Gasteiger partial charge on any atom is -0.396 e. The van der Waals surface area contributed by atoms with Crippen LogP contribution in [0.1, 0.15) is 44.2 Å². The van der Waals surface area contributed by atoms with Crippen molar-refractivity contribution in [1.82, 2.24) is 10.3 Å². The molecule has 4 nitrogen and oxygen atoms in total. The first-order valence-electron chi connectivity index (χ1n) is 7.53. The van der Waals surface area contributed by atoms with E-state index in [1.54, 1.807) is 18.5 Å². The largest absolute Gasteiger partial charge is 0.396 e. The zero-order chi connectivity index (χ0) is 15.7. The fraction of sp³-hybridized carbons (Fsp3) is 0.529. The lowest BCUT2D eigenvalue weighted by molar-refractivity contribution is -0.117. The molecule has 0 saturated heterocycles. The van der Waals surface area contributed by atoms with Gasteiger partial charge in [0, 0.05) is 31.6 Å². The summed E-state index contributed by atoms with van der Waals surface area (Å²) in [6.07, 6.45) is 9.40. The van der Waals surface area contributed by atoms with Crippen molar-refractivity contribution >= 4 is 12.0 Å². The lowest BCUT2D eigenvalue weighted by Gasteiger charge is -2.31. The summed E-state index contributed by atoms with van der Waals surface area (Å²) in [5.41, 5.74) is 1.97. The molecule has 0 unspecified atom stereocenters. The molecule has 0 spiro atoms. The Hall–Kier alpha value is -1.68. The van der Waals surface area contributed by atoms with Crippen molar-refractivity contribution in [1.29, 1.82) is 0 Å². The first kappa shape index (κ1) is 17.4. The van der Waals surface area contributed by atoms with Gasteiger partial charge in [-0.05, 0) is 54.9 Å². The number of aryl methyl sites for hydroxylation is 1. The average molecular weight is 290 g/mol. The van der Waals surface area contributed by atoms with Crippen LogP contribution in [0.25, 0.3) is 6.08 Å². The number of hydrogen-bond acceptors (Lipinski definition) is 3. The molecule has 0 atom stereocenters. The Bertz CT molecular complexity index is 479. The molecule has 0 fully saturated rings.